The van der Waals surface area contributed by atoms with Crippen molar-refractivity contribution in [1.82, 2.24) is 5.32 Å². The first-order valence-electron chi connectivity index (χ1n) is 7.81. The van der Waals surface area contributed by atoms with Crippen LogP contribution < -0.4 is 5.32 Å². The zero-order chi connectivity index (χ0) is 17.9. The Kier molecular flexibility index (Phi) is 5.42. The standard InChI is InChI=1S/C18H18ClNO4S/c19-16-9-15(25-14-5-2-13(22)3-6-14)4-1-12(16)7-8-18(10-21)11-24-17(23)20-18/h1-6,9,21-22H,7-8,10-11H2,(H,20,23). The molecule has 1 saturated heterocycles. The predicted octanol–water partition coefficient (Wildman–Crippen LogP) is 3.60. The topological polar surface area (TPSA) is 78.8 Å². The van der Waals surface area contributed by atoms with Crippen molar-refractivity contribution in [3.05, 3.63) is 53.1 Å². The van der Waals surface area contributed by atoms with E-state index in [1.54, 1.807) is 23.9 Å². The Morgan fingerprint density at radius 1 is 1.20 bits per heavy atom. The molecule has 5 nitrogen and oxygen atoms in total. The third kappa shape index (κ3) is 4.39. The Hall–Kier alpha value is -1.89. The summed E-state index contributed by atoms with van der Waals surface area (Å²) in [7, 11) is 0. The second kappa shape index (κ2) is 7.56. The summed E-state index contributed by atoms with van der Waals surface area (Å²) in [5.74, 6) is 0.235. The molecule has 0 saturated carbocycles. The third-order valence-electron chi connectivity index (χ3n) is 4.12. The van der Waals surface area contributed by atoms with Gasteiger partial charge in [-0.15, -0.1) is 0 Å². The van der Waals surface area contributed by atoms with Gasteiger partial charge in [-0.05, 0) is 54.8 Å². The number of alkyl carbamates (subject to hydrolysis) is 1. The molecule has 1 atom stereocenters. The lowest BCUT2D eigenvalue weighted by Gasteiger charge is -2.23. The second-order valence-corrected chi connectivity index (χ2v) is 7.54. The summed E-state index contributed by atoms with van der Waals surface area (Å²) >= 11 is 7.94. The number of hydrogen-bond acceptors (Lipinski definition) is 5. The molecule has 1 fully saturated rings. The van der Waals surface area contributed by atoms with Crippen molar-refractivity contribution in [2.45, 2.75) is 28.2 Å². The number of aromatic hydroxyl groups is 1. The van der Waals surface area contributed by atoms with Crippen LogP contribution in [0.3, 0.4) is 0 Å². The smallest absolute Gasteiger partial charge is 0.407 e. The van der Waals surface area contributed by atoms with Crippen molar-refractivity contribution < 1.29 is 19.7 Å². The maximum atomic E-state index is 11.2. The lowest BCUT2D eigenvalue weighted by molar-refractivity contribution is 0.140. The summed E-state index contributed by atoms with van der Waals surface area (Å²) in [4.78, 5) is 13.2. The minimum Gasteiger partial charge on any atom is -0.508 e. The monoisotopic (exact) mass is 379 g/mol. The van der Waals surface area contributed by atoms with Crippen molar-refractivity contribution in [2.75, 3.05) is 13.2 Å². The fourth-order valence-corrected chi connectivity index (χ4v) is 3.81. The Labute approximate surface area is 155 Å². The lowest BCUT2D eigenvalue weighted by atomic mass is 9.93. The van der Waals surface area contributed by atoms with E-state index >= 15 is 0 Å². The van der Waals surface area contributed by atoms with Gasteiger partial charge in [0.1, 0.15) is 17.9 Å². The highest BCUT2D eigenvalue weighted by atomic mass is 35.5. The molecular formula is C18H18ClNO4S. The number of aliphatic hydroxyl groups excluding tert-OH is 1. The Morgan fingerprint density at radius 3 is 2.52 bits per heavy atom. The van der Waals surface area contributed by atoms with Gasteiger partial charge < -0.3 is 20.3 Å². The number of aryl methyl sites for hydroxylation is 1. The first kappa shape index (κ1) is 17.9. The first-order valence-corrected chi connectivity index (χ1v) is 9.00. The van der Waals surface area contributed by atoms with E-state index < -0.39 is 11.6 Å². The van der Waals surface area contributed by atoms with E-state index in [9.17, 15) is 15.0 Å². The van der Waals surface area contributed by atoms with E-state index in [0.717, 1.165) is 15.4 Å². The van der Waals surface area contributed by atoms with Gasteiger partial charge in [-0.1, -0.05) is 29.4 Å². The molecule has 0 aliphatic carbocycles. The van der Waals surface area contributed by atoms with Crippen LogP contribution in [-0.4, -0.2) is 35.1 Å². The SMILES string of the molecule is O=C1NC(CO)(CCc2ccc(Sc3ccc(O)cc3)cc2Cl)CO1. The maximum Gasteiger partial charge on any atom is 0.407 e. The molecular weight excluding hydrogens is 362 g/mol. The number of carbonyl (C=O) groups is 1. The van der Waals surface area contributed by atoms with E-state index in [4.69, 9.17) is 16.3 Å². The molecule has 0 bridgehead atoms. The number of hydrogen-bond donors (Lipinski definition) is 3. The van der Waals surface area contributed by atoms with Gasteiger partial charge in [-0.25, -0.2) is 4.79 Å². The minimum absolute atomic E-state index is 0.161. The molecule has 1 unspecified atom stereocenters. The molecule has 3 rings (SSSR count). The van der Waals surface area contributed by atoms with Gasteiger partial charge in [0.25, 0.3) is 0 Å². The van der Waals surface area contributed by atoms with E-state index in [0.29, 0.717) is 17.9 Å². The number of ether oxygens (including phenoxy) is 1. The zero-order valence-corrected chi connectivity index (χ0v) is 14.9. The molecule has 1 heterocycles. The Morgan fingerprint density at radius 2 is 1.92 bits per heavy atom. The van der Waals surface area contributed by atoms with Crippen LogP contribution in [0.1, 0.15) is 12.0 Å². The van der Waals surface area contributed by atoms with E-state index in [2.05, 4.69) is 5.32 Å². The Bertz CT molecular complexity index is 768. The lowest BCUT2D eigenvalue weighted by Crippen LogP contribution is -2.47. The van der Waals surface area contributed by atoms with Gasteiger partial charge in [0.05, 0.1) is 6.61 Å². The van der Waals surface area contributed by atoms with Crippen molar-refractivity contribution in [3.8, 4) is 5.75 Å². The van der Waals surface area contributed by atoms with Crippen molar-refractivity contribution in [3.63, 3.8) is 0 Å². The second-order valence-electron chi connectivity index (χ2n) is 5.99. The molecule has 7 heteroatoms. The fourth-order valence-electron chi connectivity index (χ4n) is 2.61. The number of carbonyl (C=O) groups excluding carboxylic acids is 1. The predicted molar refractivity (Wildman–Crippen MR) is 96.3 cm³/mol. The molecule has 0 aromatic heterocycles. The van der Waals surface area contributed by atoms with Crippen LogP contribution in [0, 0.1) is 0 Å². The molecule has 2 aromatic rings. The summed E-state index contributed by atoms with van der Waals surface area (Å²) in [5.41, 5.74) is 0.213. The average Bonchev–Trinajstić information content (AvgIpc) is 2.98. The fraction of sp³-hybridized carbons (Fsp3) is 0.278. The number of phenolic OH excluding ortho intramolecular Hbond substituents is 1. The van der Waals surface area contributed by atoms with E-state index in [1.807, 2.05) is 30.3 Å². The number of nitrogens with one attached hydrogen (secondary N) is 1. The number of rotatable bonds is 6. The first-order chi connectivity index (χ1) is 12.0. The number of aliphatic hydroxyl groups is 1. The van der Waals surface area contributed by atoms with Crippen LogP contribution in [0.15, 0.2) is 52.3 Å². The molecule has 1 aliphatic rings. The summed E-state index contributed by atoms with van der Waals surface area (Å²) in [6, 6.07) is 12.8. The number of amides is 1. The summed E-state index contributed by atoms with van der Waals surface area (Å²) in [6.45, 7) is -0.0140. The highest BCUT2D eigenvalue weighted by Gasteiger charge is 2.38. The van der Waals surface area contributed by atoms with E-state index in [1.165, 1.54) is 0 Å². The van der Waals surface area contributed by atoms with Gasteiger partial charge in [0, 0.05) is 14.8 Å². The molecule has 1 aliphatic heterocycles. The van der Waals surface area contributed by atoms with Crippen molar-refractivity contribution in [1.29, 1.82) is 0 Å². The summed E-state index contributed by atoms with van der Waals surface area (Å²) in [6.07, 6.45) is 0.660. The molecule has 3 N–H and O–H groups in total. The summed E-state index contributed by atoms with van der Waals surface area (Å²) < 4.78 is 4.91. The quantitative estimate of drug-likeness (QED) is 0.714. The number of phenols is 1. The van der Waals surface area contributed by atoms with Gasteiger partial charge in [0.15, 0.2) is 0 Å². The van der Waals surface area contributed by atoms with Crippen molar-refractivity contribution >= 4 is 29.5 Å². The molecule has 2 aromatic carbocycles. The van der Waals surface area contributed by atoms with Gasteiger partial charge in [-0.3, -0.25) is 0 Å². The van der Waals surface area contributed by atoms with Crippen molar-refractivity contribution in [2.24, 2.45) is 0 Å². The van der Waals surface area contributed by atoms with Crippen LogP contribution in [0.2, 0.25) is 5.02 Å². The van der Waals surface area contributed by atoms with Gasteiger partial charge in [0.2, 0.25) is 0 Å². The highest BCUT2D eigenvalue weighted by molar-refractivity contribution is 7.99. The molecule has 132 valence electrons. The number of halogens is 1. The van der Waals surface area contributed by atoms with Crippen LogP contribution in [0.25, 0.3) is 0 Å². The minimum atomic E-state index is -0.736. The van der Waals surface area contributed by atoms with Gasteiger partial charge >= 0.3 is 6.09 Å². The molecule has 0 radical (unpaired) electrons. The average molecular weight is 380 g/mol. The normalized spacial score (nSPS) is 19.5. The number of benzene rings is 2. The summed E-state index contributed by atoms with van der Waals surface area (Å²) in [5, 5.41) is 22.2. The number of cyclic esters (lactones) is 1. The third-order valence-corrected chi connectivity index (χ3v) is 5.47. The zero-order valence-electron chi connectivity index (χ0n) is 13.4. The molecule has 0 spiro atoms. The van der Waals surface area contributed by atoms with Gasteiger partial charge in [-0.2, -0.15) is 0 Å². The largest absolute Gasteiger partial charge is 0.508 e. The van der Waals surface area contributed by atoms with Crippen LogP contribution in [-0.2, 0) is 11.2 Å². The maximum absolute atomic E-state index is 11.2. The van der Waals surface area contributed by atoms with Crippen LogP contribution in [0.5, 0.6) is 5.75 Å². The van der Waals surface area contributed by atoms with Crippen LogP contribution in [0.4, 0.5) is 4.79 Å². The molecule has 1 amide bonds. The highest BCUT2D eigenvalue weighted by Crippen LogP contribution is 2.32. The Balaban J connectivity index is 1.65. The van der Waals surface area contributed by atoms with E-state index in [-0.39, 0.29) is 19.0 Å². The van der Waals surface area contributed by atoms with Crippen LogP contribution >= 0.6 is 23.4 Å². The molecule has 25 heavy (non-hydrogen) atoms.